The first-order chi connectivity index (χ1) is 12.8. The molecule has 0 saturated carbocycles. The molecule has 3 rings (SSSR count). The highest BCUT2D eigenvalue weighted by atomic mass is 32.2. The van der Waals surface area contributed by atoms with E-state index in [1.807, 2.05) is 37.3 Å². The fraction of sp³-hybridized carbons (Fsp3) is 0.211. The zero-order valence-electron chi connectivity index (χ0n) is 14.9. The van der Waals surface area contributed by atoms with E-state index in [1.54, 1.807) is 11.6 Å². The molecular weight excluding hydrogens is 372 g/mol. The molecule has 0 aliphatic rings. The number of halogens is 2. The molecule has 1 aromatic heterocycles. The standard InChI is InChI=1S/C19H19F2N3O2S/c1-13-19(14(2)24(23-13)12-15-6-4-3-5-7-15)11-22-27(25,26)18-9-16(20)8-17(21)10-18/h3-10,22H,11-12H2,1-2H3. The summed E-state index contributed by atoms with van der Waals surface area (Å²) >= 11 is 0. The van der Waals surface area contributed by atoms with Gasteiger partial charge in [0.05, 0.1) is 17.1 Å². The second-order valence-corrected chi connectivity index (χ2v) is 7.99. The van der Waals surface area contributed by atoms with E-state index in [1.165, 1.54) is 0 Å². The van der Waals surface area contributed by atoms with Crippen LogP contribution in [0.2, 0.25) is 0 Å². The first-order valence-electron chi connectivity index (χ1n) is 8.29. The molecule has 0 radical (unpaired) electrons. The lowest BCUT2D eigenvalue weighted by Crippen LogP contribution is -2.24. The Morgan fingerprint density at radius 2 is 1.67 bits per heavy atom. The Balaban J connectivity index is 1.80. The lowest BCUT2D eigenvalue weighted by molar-refractivity contribution is 0.561. The Bertz CT molecular complexity index is 1040. The molecule has 0 fully saturated rings. The van der Waals surface area contributed by atoms with E-state index in [9.17, 15) is 17.2 Å². The molecule has 142 valence electrons. The van der Waals surface area contributed by atoms with E-state index < -0.39 is 26.6 Å². The van der Waals surface area contributed by atoms with Crippen molar-refractivity contribution in [2.24, 2.45) is 0 Å². The fourth-order valence-electron chi connectivity index (χ4n) is 2.83. The Morgan fingerprint density at radius 3 is 2.30 bits per heavy atom. The van der Waals surface area contributed by atoms with Crippen LogP contribution in [0.4, 0.5) is 8.78 Å². The molecule has 0 saturated heterocycles. The molecule has 0 unspecified atom stereocenters. The van der Waals surface area contributed by atoms with E-state index in [2.05, 4.69) is 9.82 Å². The van der Waals surface area contributed by atoms with Gasteiger partial charge in [0, 0.05) is 23.9 Å². The number of aromatic nitrogens is 2. The third-order valence-electron chi connectivity index (χ3n) is 4.29. The van der Waals surface area contributed by atoms with Gasteiger partial charge in [0.25, 0.3) is 0 Å². The average Bonchev–Trinajstić information content (AvgIpc) is 2.86. The third-order valence-corrected chi connectivity index (χ3v) is 5.67. The number of hydrogen-bond acceptors (Lipinski definition) is 3. The van der Waals surface area contributed by atoms with Crippen molar-refractivity contribution in [2.75, 3.05) is 0 Å². The van der Waals surface area contributed by atoms with Crippen LogP contribution < -0.4 is 4.72 Å². The summed E-state index contributed by atoms with van der Waals surface area (Å²) < 4.78 is 55.5. The van der Waals surface area contributed by atoms with Gasteiger partial charge in [-0.3, -0.25) is 4.68 Å². The lowest BCUT2D eigenvalue weighted by atomic mass is 10.2. The van der Waals surface area contributed by atoms with E-state index in [4.69, 9.17) is 0 Å². The Kier molecular flexibility index (Phi) is 5.38. The van der Waals surface area contributed by atoms with Crippen LogP contribution in [-0.4, -0.2) is 18.2 Å². The number of aryl methyl sites for hydroxylation is 1. The molecule has 0 aliphatic heterocycles. The van der Waals surface area contributed by atoms with E-state index in [0.29, 0.717) is 18.3 Å². The summed E-state index contributed by atoms with van der Waals surface area (Å²) in [7, 11) is -4.05. The molecule has 5 nitrogen and oxygen atoms in total. The van der Waals surface area contributed by atoms with E-state index in [0.717, 1.165) is 29.0 Å². The second-order valence-electron chi connectivity index (χ2n) is 6.22. The van der Waals surface area contributed by atoms with Crippen LogP contribution in [0, 0.1) is 25.5 Å². The Morgan fingerprint density at radius 1 is 1.04 bits per heavy atom. The minimum absolute atomic E-state index is 0.0209. The molecule has 1 heterocycles. The van der Waals surface area contributed by atoms with Gasteiger partial charge < -0.3 is 0 Å². The first kappa shape index (κ1) is 19.2. The molecule has 0 aliphatic carbocycles. The van der Waals surface area contributed by atoms with Crippen molar-refractivity contribution in [1.82, 2.24) is 14.5 Å². The fourth-order valence-corrected chi connectivity index (χ4v) is 3.87. The average molecular weight is 391 g/mol. The van der Waals surface area contributed by atoms with Gasteiger partial charge in [-0.05, 0) is 31.5 Å². The summed E-state index contributed by atoms with van der Waals surface area (Å²) in [5.41, 5.74) is 3.32. The number of benzene rings is 2. The molecule has 0 atom stereocenters. The SMILES string of the molecule is Cc1nn(Cc2ccccc2)c(C)c1CNS(=O)(=O)c1cc(F)cc(F)c1. The van der Waals surface area contributed by atoms with Gasteiger partial charge in [0.1, 0.15) is 11.6 Å². The number of nitrogens with zero attached hydrogens (tertiary/aromatic N) is 2. The molecule has 8 heteroatoms. The highest BCUT2D eigenvalue weighted by Crippen LogP contribution is 2.17. The Hall–Kier alpha value is -2.58. The monoisotopic (exact) mass is 391 g/mol. The zero-order valence-corrected chi connectivity index (χ0v) is 15.7. The molecule has 27 heavy (non-hydrogen) atoms. The summed E-state index contributed by atoms with van der Waals surface area (Å²) in [4.78, 5) is -0.452. The van der Waals surface area contributed by atoms with Crippen molar-refractivity contribution < 1.29 is 17.2 Å². The zero-order chi connectivity index (χ0) is 19.6. The van der Waals surface area contributed by atoms with Gasteiger partial charge in [0.15, 0.2) is 0 Å². The maximum Gasteiger partial charge on any atom is 0.241 e. The minimum atomic E-state index is -4.05. The van der Waals surface area contributed by atoms with Crippen molar-refractivity contribution in [3.05, 3.63) is 82.7 Å². The normalized spacial score (nSPS) is 11.7. The highest BCUT2D eigenvalue weighted by molar-refractivity contribution is 7.89. The predicted molar refractivity (Wildman–Crippen MR) is 97.6 cm³/mol. The van der Waals surface area contributed by atoms with Crippen LogP contribution in [0.25, 0.3) is 0 Å². The number of sulfonamides is 1. The third kappa shape index (κ3) is 4.40. The van der Waals surface area contributed by atoms with Gasteiger partial charge in [-0.15, -0.1) is 0 Å². The maximum atomic E-state index is 13.3. The predicted octanol–water partition coefficient (Wildman–Crippen LogP) is 3.30. The minimum Gasteiger partial charge on any atom is -0.265 e. The smallest absolute Gasteiger partial charge is 0.241 e. The summed E-state index contributed by atoms with van der Waals surface area (Å²) in [5.74, 6) is -1.89. The quantitative estimate of drug-likeness (QED) is 0.701. The number of nitrogens with one attached hydrogen (secondary N) is 1. The molecule has 0 spiro atoms. The van der Waals surface area contributed by atoms with E-state index >= 15 is 0 Å². The number of hydrogen-bond donors (Lipinski definition) is 1. The van der Waals surface area contributed by atoms with Gasteiger partial charge in [-0.1, -0.05) is 30.3 Å². The summed E-state index contributed by atoms with van der Waals surface area (Å²) in [5, 5.41) is 4.47. The van der Waals surface area contributed by atoms with Crippen LogP contribution in [0.3, 0.4) is 0 Å². The van der Waals surface area contributed by atoms with Crippen molar-refractivity contribution in [3.8, 4) is 0 Å². The molecule has 1 N–H and O–H groups in total. The van der Waals surface area contributed by atoms with E-state index in [-0.39, 0.29) is 6.54 Å². The molecule has 0 bridgehead atoms. The van der Waals surface area contributed by atoms with Crippen LogP contribution >= 0.6 is 0 Å². The number of rotatable bonds is 6. The van der Waals surface area contributed by atoms with Gasteiger partial charge in [-0.25, -0.2) is 21.9 Å². The Labute approximate surface area is 156 Å². The topological polar surface area (TPSA) is 64.0 Å². The first-order valence-corrected chi connectivity index (χ1v) is 9.77. The van der Waals surface area contributed by atoms with Crippen LogP contribution in [-0.2, 0) is 23.1 Å². The largest absolute Gasteiger partial charge is 0.265 e. The van der Waals surface area contributed by atoms with Gasteiger partial charge in [0.2, 0.25) is 10.0 Å². The molecular formula is C19H19F2N3O2S. The van der Waals surface area contributed by atoms with Crippen LogP contribution in [0.1, 0.15) is 22.5 Å². The molecule has 3 aromatic rings. The van der Waals surface area contributed by atoms with Gasteiger partial charge >= 0.3 is 0 Å². The molecule has 0 amide bonds. The second kappa shape index (κ2) is 7.58. The van der Waals surface area contributed by atoms with Crippen LogP contribution in [0.5, 0.6) is 0 Å². The molecule has 2 aromatic carbocycles. The van der Waals surface area contributed by atoms with Crippen molar-refractivity contribution in [2.45, 2.75) is 31.8 Å². The summed E-state index contributed by atoms with van der Waals surface area (Å²) in [6.07, 6.45) is 0. The van der Waals surface area contributed by atoms with Crippen molar-refractivity contribution in [3.63, 3.8) is 0 Å². The van der Waals surface area contributed by atoms with Crippen molar-refractivity contribution in [1.29, 1.82) is 0 Å². The summed E-state index contributed by atoms with van der Waals surface area (Å²) in [6.45, 7) is 4.19. The van der Waals surface area contributed by atoms with Crippen molar-refractivity contribution >= 4 is 10.0 Å². The van der Waals surface area contributed by atoms with Crippen LogP contribution in [0.15, 0.2) is 53.4 Å². The maximum absolute atomic E-state index is 13.3. The highest BCUT2D eigenvalue weighted by Gasteiger charge is 2.19. The summed E-state index contributed by atoms with van der Waals surface area (Å²) in [6, 6.07) is 12.0. The lowest BCUT2D eigenvalue weighted by Gasteiger charge is -2.09. The van der Waals surface area contributed by atoms with Gasteiger partial charge in [-0.2, -0.15) is 5.10 Å².